The Balaban J connectivity index is 1.46. The first-order chi connectivity index (χ1) is 10.7. The van der Waals surface area contributed by atoms with Crippen molar-refractivity contribution >= 4 is 11.8 Å². The van der Waals surface area contributed by atoms with Crippen molar-refractivity contribution in [3.05, 3.63) is 29.8 Å². The van der Waals surface area contributed by atoms with Crippen LogP contribution in [0, 0.1) is 5.92 Å². The molecule has 22 heavy (non-hydrogen) atoms. The SMILES string of the molecule is CSc1ccc(CN2CCN([C@@H]3CCC[C@H](C)C3)CC2)cc1. The maximum atomic E-state index is 2.77. The average molecular weight is 319 g/mol. The molecule has 0 aromatic heterocycles. The van der Waals surface area contributed by atoms with Crippen molar-refractivity contribution in [1.29, 1.82) is 0 Å². The summed E-state index contributed by atoms with van der Waals surface area (Å²) in [6.45, 7) is 8.54. The van der Waals surface area contributed by atoms with Crippen molar-refractivity contribution in [1.82, 2.24) is 9.80 Å². The molecular formula is C19H30N2S. The van der Waals surface area contributed by atoms with E-state index < -0.39 is 0 Å². The molecule has 3 rings (SSSR count). The van der Waals surface area contributed by atoms with E-state index in [2.05, 4.69) is 47.2 Å². The van der Waals surface area contributed by atoms with Gasteiger partial charge in [-0.15, -0.1) is 11.8 Å². The lowest BCUT2D eigenvalue weighted by atomic mass is 9.86. The van der Waals surface area contributed by atoms with E-state index in [-0.39, 0.29) is 0 Å². The summed E-state index contributed by atoms with van der Waals surface area (Å²) in [5, 5.41) is 0. The zero-order valence-corrected chi connectivity index (χ0v) is 14.9. The minimum atomic E-state index is 0.867. The van der Waals surface area contributed by atoms with Gasteiger partial charge in [-0.3, -0.25) is 9.80 Å². The monoisotopic (exact) mass is 318 g/mol. The van der Waals surface area contributed by atoms with Crippen LogP contribution in [-0.4, -0.2) is 48.3 Å². The highest BCUT2D eigenvalue weighted by molar-refractivity contribution is 7.98. The predicted octanol–water partition coefficient (Wildman–Crippen LogP) is 4.10. The Morgan fingerprint density at radius 3 is 2.41 bits per heavy atom. The Kier molecular flexibility index (Phi) is 5.83. The molecule has 1 heterocycles. The van der Waals surface area contributed by atoms with E-state index in [1.54, 1.807) is 0 Å². The lowest BCUT2D eigenvalue weighted by Gasteiger charge is -2.42. The number of piperazine rings is 1. The Labute approximate surface area is 140 Å². The average Bonchev–Trinajstić information content (AvgIpc) is 2.56. The van der Waals surface area contributed by atoms with Crippen molar-refractivity contribution in [2.24, 2.45) is 5.92 Å². The fourth-order valence-corrected chi connectivity index (χ4v) is 4.42. The summed E-state index contributed by atoms with van der Waals surface area (Å²) in [5.41, 5.74) is 1.46. The summed E-state index contributed by atoms with van der Waals surface area (Å²) >= 11 is 1.82. The zero-order valence-electron chi connectivity index (χ0n) is 14.1. The standard InChI is InChI=1S/C19H30N2S/c1-16-4-3-5-18(14-16)21-12-10-20(11-13-21)15-17-6-8-19(22-2)9-7-17/h6-9,16,18H,3-5,10-15H2,1-2H3/t16-,18+/m0/s1. The number of thioether (sulfide) groups is 1. The van der Waals surface area contributed by atoms with Crippen LogP contribution in [-0.2, 0) is 6.54 Å². The number of hydrogen-bond donors (Lipinski definition) is 0. The molecule has 2 fully saturated rings. The molecule has 0 unspecified atom stereocenters. The van der Waals surface area contributed by atoms with Crippen LogP contribution >= 0.6 is 11.8 Å². The van der Waals surface area contributed by atoms with Gasteiger partial charge in [-0.1, -0.05) is 31.9 Å². The van der Waals surface area contributed by atoms with Gasteiger partial charge in [-0.05, 0) is 42.7 Å². The van der Waals surface area contributed by atoms with Gasteiger partial charge in [0.15, 0.2) is 0 Å². The van der Waals surface area contributed by atoms with Crippen molar-refractivity contribution in [2.75, 3.05) is 32.4 Å². The first-order valence-electron chi connectivity index (χ1n) is 8.84. The Hall–Kier alpha value is -0.510. The number of benzene rings is 1. The van der Waals surface area contributed by atoms with E-state index in [9.17, 15) is 0 Å². The third-order valence-electron chi connectivity index (χ3n) is 5.40. The summed E-state index contributed by atoms with van der Waals surface area (Å²) in [6, 6.07) is 9.95. The third-order valence-corrected chi connectivity index (χ3v) is 6.14. The fraction of sp³-hybridized carbons (Fsp3) is 0.684. The van der Waals surface area contributed by atoms with Crippen LogP contribution in [0.5, 0.6) is 0 Å². The summed E-state index contributed by atoms with van der Waals surface area (Å²) in [4.78, 5) is 6.75. The van der Waals surface area contributed by atoms with Crippen LogP contribution in [0.4, 0.5) is 0 Å². The Morgan fingerprint density at radius 1 is 1.05 bits per heavy atom. The second kappa shape index (κ2) is 7.85. The van der Waals surface area contributed by atoms with Gasteiger partial charge in [0.05, 0.1) is 0 Å². The molecule has 2 nitrogen and oxygen atoms in total. The summed E-state index contributed by atoms with van der Waals surface area (Å²) in [6.07, 6.45) is 7.88. The van der Waals surface area contributed by atoms with E-state index >= 15 is 0 Å². The van der Waals surface area contributed by atoms with Crippen LogP contribution in [0.25, 0.3) is 0 Å². The van der Waals surface area contributed by atoms with Crippen molar-refractivity contribution in [3.63, 3.8) is 0 Å². The van der Waals surface area contributed by atoms with Crippen LogP contribution in [0.15, 0.2) is 29.2 Å². The molecule has 122 valence electrons. The highest BCUT2D eigenvalue weighted by Gasteiger charge is 2.27. The molecule has 1 aromatic rings. The summed E-state index contributed by atoms with van der Waals surface area (Å²) in [7, 11) is 0. The van der Waals surface area contributed by atoms with Gasteiger partial charge < -0.3 is 0 Å². The van der Waals surface area contributed by atoms with Gasteiger partial charge in [-0.2, -0.15) is 0 Å². The maximum Gasteiger partial charge on any atom is 0.0234 e. The van der Waals surface area contributed by atoms with Crippen LogP contribution in [0.2, 0.25) is 0 Å². The predicted molar refractivity (Wildman–Crippen MR) is 96.5 cm³/mol. The fourth-order valence-electron chi connectivity index (χ4n) is 4.01. The highest BCUT2D eigenvalue weighted by atomic mass is 32.2. The summed E-state index contributed by atoms with van der Waals surface area (Å²) < 4.78 is 0. The third kappa shape index (κ3) is 4.27. The van der Waals surface area contributed by atoms with Crippen LogP contribution in [0.3, 0.4) is 0 Å². The molecular weight excluding hydrogens is 288 g/mol. The molecule has 1 saturated heterocycles. The van der Waals surface area contributed by atoms with Crippen molar-refractivity contribution in [3.8, 4) is 0 Å². The normalized spacial score (nSPS) is 27.9. The maximum absolute atomic E-state index is 2.77. The number of rotatable bonds is 4. The molecule has 0 radical (unpaired) electrons. The van der Waals surface area contributed by atoms with Crippen LogP contribution in [0.1, 0.15) is 38.2 Å². The Morgan fingerprint density at radius 2 is 1.77 bits per heavy atom. The molecule has 1 aromatic carbocycles. The quantitative estimate of drug-likeness (QED) is 0.772. The van der Waals surface area contributed by atoms with Crippen molar-refractivity contribution in [2.45, 2.75) is 50.1 Å². The van der Waals surface area contributed by atoms with Gasteiger partial charge in [0.1, 0.15) is 0 Å². The van der Waals surface area contributed by atoms with Gasteiger partial charge in [0.25, 0.3) is 0 Å². The molecule has 1 aliphatic heterocycles. The largest absolute Gasteiger partial charge is 0.298 e. The smallest absolute Gasteiger partial charge is 0.0234 e. The second-order valence-corrected chi connectivity index (χ2v) is 7.97. The minimum absolute atomic E-state index is 0.867. The first-order valence-corrected chi connectivity index (χ1v) is 10.1. The molecule has 1 aliphatic carbocycles. The summed E-state index contributed by atoms with van der Waals surface area (Å²) in [5.74, 6) is 0.937. The second-order valence-electron chi connectivity index (χ2n) is 7.09. The lowest BCUT2D eigenvalue weighted by Crippen LogP contribution is -2.50. The lowest BCUT2D eigenvalue weighted by molar-refractivity contribution is 0.0659. The van der Waals surface area contributed by atoms with Gasteiger partial charge >= 0.3 is 0 Å². The molecule has 2 aliphatic rings. The number of hydrogen-bond acceptors (Lipinski definition) is 3. The molecule has 1 saturated carbocycles. The van der Waals surface area contributed by atoms with Crippen LogP contribution < -0.4 is 0 Å². The minimum Gasteiger partial charge on any atom is -0.298 e. The molecule has 0 amide bonds. The topological polar surface area (TPSA) is 6.48 Å². The Bertz CT molecular complexity index is 451. The molecule has 2 atom stereocenters. The van der Waals surface area contributed by atoms with Gasteiger partial charge in [0, 0.05) is 43.7 Å². The number of nitrogens with zero attached hydrogens (tertiary/aromatic N) is 2. The van der Waals surface area contributed by atoms with Gasteiger partial charge in [0.2, 0.25) is 0 Å². The van der Waals surface area contributed by atoms with E-state index in [1.807, 2.05) is 11.8 Å². The molecule has 3 heteroatoms. The highest BCUT2D eigenvalue weighted by Crippen LogP contribution is 2.28. The van der Waals surface area contributed by atoms with E-state index in [0.717, 1.165) is 18.5 Å². The van der Waals surface area contributed by atoms with Crippen molar-refractivity contribution < 1.29 is 0 Å². The van der Waals surface area contributed by atoms with E-state index in [0.29, 0.717) is 0 Å². The first kappa shape index (κ1) is 16.4. The molecule has 0 bridgehead atoms. The van der Waals surface area contributed by atoms with Gasteiger partial charge in [-0.25, -0.2) is 0 Å². The van der Waals surface area contributed by atoms with E-state index in [1.165, 1.54) is 62.3 Å². The zero-order chi connectivity index (χ0) is 15.4. The van der Waals surface area contributed by atoms with E-state index in [4.69, 9.17) is 0 Å². The molecule has 0 N–H and O–H groups in total. The molecule has 0 spiro atoms.